The summed E-state index contributed by atoms with van der Waals surface area (Å²) in [5.74, 6) is -1.70. The van der Waals surface area contributed by atoms with E-state index in [2.05, 4.69) is 10.6 Å². The molecule has 1 aromatic rings. The smallest absolute Gasteiger partial charge is 0.336 e. The van der Waals surface area contributed by atoms with Crippen LogP contribution in [0.15, 0.2) is 24.3 Å². The van der Waals surface area contributed by atoms with E-state index in [-0.39, 0.29) is 29.5 Å². The van der Waals surface area contributed by atoms with Crippen LogP contribution in [0.25, 0.3) is 0 Å². The first-order valence-electron chi connectivity index (χ1n) is 6.48. The summed E-state index contributed by atoms with van der Waals surface area (Å²) in [4.78, 5) is 34.7. The van der Waals surface area contributed by atoms with Crippen LogP contribution in [-0.4, -0.2) is 35.5 Å². The standard InChI is InChI=1S/C14H16N2O4/c17-12-8-9(4-3-7-15-12)16-13(18)10-5-1-2-6-11(10)14(19)20/h1-2,5-6,9H,3-4,7-8H2,(H,15,17)(H,16,18)(H,19,20)/t9-/m0/s1. The Balaban J connectivity index is 2.12. The zero-order chi connectivity index (χ0) is 14.5. The molecular formula is C14H16N2O4. The average molecular weight is 276 g/mol. The van der Waals surface area contributed by atoms with Crippen LogP contribution in [-0.2, 0) is 4.79 Å². The second-order valence-corrected chi connectivity index (χ2v) is 4.72. The highest BCUT2D eigenvalue weighted by atomic mass is 16.4. The fourth-order valence-corrected chi connectivity index (χ4v) is 2.23. The topological polar surface area (TPSA) is 95.5 Å². The zero-order valence-corrected chi connectivity index (χ0v) is 10.9. The minimum atomic E-state index is -1.14. The summed E-state index contributed by atoms with van der Waals surface area (Å²) in [6.45, 7) is 0.608. The Morgan fingerprint density at radius 1 is 1.25 bits per heavy atom. The van der Waals surface area contributed by atoms with E-state index in [0.29, 0.717) is 13.0 Å². The Morgan fingerprint density at radius 3 is 2.65 bits per heavy atom. The molecule has 1 heterocycles. The molecule has 6 heteroatoms. The third-order valence-electron chi connectivity index (χ3n) is 3.22. The van der Waals surface area contributed by atoms with E-state index in [4.69, 9.17) is 5.11 Å². The Labute approximate surface area is 116 Å². The van der Waals surface area contributed by atoms with Crippen LogP contribution in [0.5, 0.6) is 0 Å². The van der Waals surface area contributed by atoms with Crippen molar-refractivity contribution < 1.29 is 19.5 Å². The van der Waals surface area contributed by atoms with E-state index < -0.39 is 11.9 Å². The normalized spacial score (nSPS) is 18.8. The van der Waals surface area contributed by atoms with Crippen molar-refractivity contribution in [3.8, 4) is 0 Å². The van der Waals surface area contributed by atoms with Gasteiger partial charge < -0.3 is 15.7 Å². The highest BCUT2D eigenvalue weighted by Gasteiger charge is 2.22. The molecule has 0 spiro atoms. The van der Waals surface area contributed by atoms with Crippen LogP contribution in [0.2, 0.25) is 0 Å². The van der Waals surface area contributed by atoms with Crippen molar-refractivity contribution in [1.82, 2.24) is 10.6 Å². The molecule has 0 unspecified atom stereocenters. The summed E-state index contributed by atoms with van der Waals surface area (Å²) in [7, 11) is 0. The Bertz CT molecular complexity index is 542. The molecule has 1 fully saturated rings. The van der Waals surface area contributed by atoms with E-state index in [9.17, 15) is 14.4 Å². The molecule has 2 amide bonds. The van der Waals surface area contributed by atoms with Crippen molar-refractivity contribution >= 4 is 17.8 Å². The van der Waals surface area contributed by atoms with Crippen LogP contribution in [0, 0.1) is 0 Å². The molecule has 0 radical (unpaired) electrons. The molecule has 0 saturated carbocycles. The summed E-state index contributed by atoms with van der Waals surface area (Å²) < 4.78 is 0. The first kappa shape index (κ1) is 14.0. The fraction of sp³-hybridized carbons (Fsp3) is 0.357. The summed E-state index contributed by atoms with van der Waals surface area (Å²) in [6, 6.07) is 5.78. The van der Waals surface area contributed by atoms with Crippen LogP contribution < -0.4 is 10.6 Å². The largest absolute Gasteiger partial charge is 0.478 e. The quantitative estimate of drug-likeness (QED) is 0.760. The van der Waals surface area contributed by atoms with Crippen molar-refractivity contribution in [3.63, 3.8) is 0 Å². The number of aromatic carboxylic acids is 1. The van der Waals surface area contributed by atoms with Crippen molar-refractivity contribution in [2.75, 3.05) is 6.54 Å². The number of carbonyl (C=O) groups is 3. The Hall–Kier alpha value is -2.37. The minimum Gasteiger partial charge on any atom is -0.478 e. The molecule has 2 rings (SSSR count). The van der Waals surface area contributed by atoms with Crippen molar-refractivity contribution in [2.24, 2.45) is 0 Å². The van der Waals surface area contributed by atoms with E-state index in [0.717, 1.165) is 6.42 Å². The minimum absolute atomic E-state index is 0.0388. The lowest BCUT2D eigenvalue weighted by Crippen LogP contribution is -2.37. The second-order valence-electron chi connectivity index (χ2n) is 4.72. The van der Waals surface area contributed by atoms with E-state index >= 15 is 0 Å². The summed E-state index contributed by atoms with van der Waals surface area (Å²) in [5.41, 5.74) is 0.0766. The monoisotopic (exact) mass is 276 g/mol. The lowest BCUT2D eigenvalue weighted by atomic mass is 10.0. The zero-order valence-electron chi connectivity index (χ0n) is 10.9. The lowest BCUT2D eigenvalue weighted by Gasteiger charge is -2.16. The number of rotatable bonds is 3. The van der Waals surface area contributed by atoms with Crippen LogP contribution in [0.1, 0.15) is 40.0 Å². The van der Waals surface area contributed by atoms with Gasteiger partial charge in [-0.3, -0.25) is 9.59 Å². The predicted molar refractivity (Wildman–Crippen MR) is 71.5 cm³/mol. The van der Waals surface area contributed by atoms with Gasteiger partial charge in [0.15, 0.2) is 0 Å². The van der Waals surface area contributed by atoms with Gasteiger partial charge in [-0.05, 0) is 25.0 Å². The first-order chi connectivity index (χ1) is 9.58. The molecule has 106 valence electrons. The van der Waals surface area contributed by atoms with Gasteiger partial charge in [-0.15, -0.1) is 0 Å². The maximum Gasteiger partial charge on any atom is 0.336 e. The molecule has 0 bridgehead atoms. The molecule has 1 aromatic carbocycles. The molecule has 1 atom stereocenters. The van der Waals surface area contributed by atoms with Crippen molar-refractivity contribution in [2.45, 2.75) is 25.3 Å². The molecule has 0 aromatic heterocycles. The van der Waals surface area contributed by atoms with Crippen LogP contribution in [0.3, 0.4) is 0 Å². The lowest BCUT2D eigenvalue weighted by molar-refractivity contribution is -0.121. The molecule has 6 nitrogen and oxygen atoms in total. The van der Waals surface area contributed by atoms with E-state index in [1.54, 1.807) is 12.1 Å². The third-order valence-corrected chi connectivity index (χ3v) is 3.22. The van der Waals surface area contributed by atoms with Gasteiger partial charge in [-0.2, -0.15) is 0 Å². The molecule has 1 aliphatic heterocycles. The van der Waals surface area contributed by atoms with Gasteiger partial charge in [-0.25, -0.2) is 4.79 Å². The predicted octanol–water partition coefficient (Wildman–Crippen LogP) is 0.783. The number of amides is 2. The maximum atomic E-state index is 12.2. The van der Waals surface area contributed by atoms with Gasteiger partial charge in [0.05, 0.1) is 11.1 Å². The number of benzene rings is 1. The van der Waals surface area contributed by atoms with E-state index in [1.807, 2.05) is 0 Å². The molecule has 3 N–H and O–H groups in total. The number of carboxylic acid groups (broad SMARTS) is 1. The highest BCUT2D eigenvalue weighted by Crippen LogP contribution is 2.11. The molecule has 1 saturated heterocycles. The van der Waals surface area contributed by atoms with Gasteiger partial charge in [0.25, 0.3) is 5.91 Å². The Morgan fingerprint density at radius 2 is 1.95 bits per heavy atom. The van der Waals surface area contributed by atoms with Crippen molar-refractivity contribution in [1.29, 1.82) is 0 Å². The van der Waals surface area contributed by atoms with Crippen LogP contribution >= 0.6 is 0 Å². The molecule has 1 aliphatic rings. The summed E-state index contributed by atoms with van der Waals surface area (Å²) >= 11 is 0. The van der Waals surface area contributed by atoms with E-state index in [1.165, 1.54) is 12.1 Å². The molecular weight excluding hydrogens is 260 g/mol. The first-order valence-corrected chi connectivity index (χ1v) is 6.48. The number of carbonyl (C=O) groups excluding carboxylic acids is 2. The summed E-state index contributed by atoms with van der Waals surface area (Å²) in [5, 5.41) is 14.5. The number of carboxylic acids is 1. The fourth-order valence-electron chi connectivity index (χ4n) is 2.23. The Kier molecular flexibility index (Phi) is 4.34. The highest BCUT2D eigenvalue weighted by molar-refractivity contribution is 6.04. The SMILES string of the molecule is O=C1C[C@@H](NC(=O)c2ccccc2C(=O)O)CCCN1. The van der Waals surface area contributed by atoms with Gasteiger partial charge >= 0.3 is 5.97 Å². The van der Waals surface area contributed by atoms with Gasteiger partial charge in [0, 0.05) is 19.0 Å². The maximum absolute atomic E-state index is 12.2. The second kappa shape index (κ2) is 6.18. The third kappa shape index (κ3) is 3.34. The number of nitrogens with one attached hydrogen (secondary N) is 2. The summed E-state index contributed by atoms with van der Waals surface area (Å²) in [6.07, 6.45) is 1.71. The average Bonchev–Trinajstić information content (AvgIpc) is 2.63. The molecule has 20 heavy (non-hydrogen) atoms. The van der Waals surface area contributed by atoms with Crippen LogP contribution in [0.4, 0.5) is 0 Å². The molecule has 0 aliphatic carbocycles. The van der Waals surface area contributed by atoms with Gasteiger partial charge in [0.2, 0.25) is 5.91 Å². The number of hydrogen-bond donors (Lipinski definition) is 3. The van der Waals surface area contributed by atoms with Gasteiger partial charge in [0.1, 0.15) is 0 Å². The van der Waals surface area contributed by atoms with Gasteiger partial charge in [-0.1, -0.05) is 12.1 Å². The number of hydrogen-bond acceptors (Lipinski definition) is 3. The van der Waals surface area contributed by atoms with Crippen molar-refractivity contribution in [3.05, 3.63) is 35.4 Å².